The van der Waals surface area contributed by atoms with E-state index in [-0.39, 0.29) is 17.8 Å². The van der Waals surface area contributed by atoms with Crippen LogP contribution in [0.15, 0.2) is 60.7 Å². The number of hydrogen-bond donors (Lipinski definition) is 3. The Balaban J connectivity index is 1.86. The van der Waals surface area contributed by atoms with Crippen LogP contribution in [0.4, 0.5) is 4.39 Å². The van der Waals surface area contributed by atoms with Gasteiger partial charge in [0.15, 0.2) is 5.69 Å². The number of rotatable bonds is 6. The Morgan fingerprint density at radius 1 is 1.11 bits per heavy atom. The minimum absolute atomic E-state index is 0.0146. The Morgan fingerprint density at radius 3 is 2.44 bits per heavy atom. The van der Waals surface area contributed by atoms with Crippen LogP contribution in [0.25, 0.3) is 5.69 Å². The highest BCUT2D eigenvalue weighted by Gasteiger charge is 2.22. The third kappa shape index (κ3) is 4.12. The molecule has 0 aliphatic heterocycles. The normalized spacial score (nSPS) is 11.7. The van der Waals surface area contributed by atoms with Crippen LogP contribution in [0.5, 0.6) is 5.88 Å². The second kappa shape index (κ2) is 7.69. The number of benzene rings is 2. The molecule has 0 fully saturated rings. The first-order valence-electron chi connectivity index (χ1n) is 8.07. The number of halogens is 1. The number of carbonyl (C=O) groups excluding carboxylic acids is 1. The molecule has 1 unspecified atom stereocenters. The number of hydrogen-bond acceptors (Lipinski definition) is 4. The number of amides is 1. The molecule has 0 saturated heterocycles. The van der Waals surface area contributed by atoms with Crippen molar-refractivity contribution in [3.05, 3.63) is 77.7 Å². The van der Waals surface area contributed by atoms with E-state index in [0.717, 1.165) is 10.7 Å². The van der Waals surface area contributed by atoms with Crippen molar-refractivity contribution in [3.8, 4) is 11.6 Å². The van der Waals surface area contributed by atoms with E-state index in [2.05, 4.69) is 10.4 Å². The Bertz CT molecular complexity index is 972. The fourth-order valence-electron chi connectivity index (χ4n) is 2.63. The number of aliphatic carboxylic acids is 1. The highest BCUT2D eigenvalue weighted by molar-refractivity contribution is 5.93. The van der Waals surface area contributed by atoms with E-state index in [1.54, 1.807) is 36.4 Å². The molecule has 3 N–H and O–H groups in total. The number of nitrogens with zero attached hydrogens (tertiary/aromatic N) is 2. The van der Waals surface area contributed by atoms with Gasteiger partial charge in [0.05, 0.1) is 12.5 Å². The number of carboxylic acids is 1. The van der Waals surface area contributed by atoms with Crippen molar-refractivity contribution in [3.63, 3.8) is 0 Å². The van der Waals surface area contributed by atoms with E-state index < -0.39 is 29.6 Å². The number of carbonyl (C=O) groups is 2. The van der Waals surface area contributed by atoms with Crippen molar-refractivity contribution in [1.29, 1.82) is 0 Å². The van der Waals surface area contributed by atoms with Crippen LogP contribution in [0.2, 0.25) is 0 Å². The lowest BCUT2D eigenvalue weighted by atomic mass is 10.0. The second-order valence-corrected chi connectivity index (χ2v) is 5.79. The zero-order valence-electron chi connectivity index (χ0n) is 14.0. The molecule has 3 rings (SSSR count). The Kier molecular flexibility index (Phi) is 5.16. The first-order valence-corrected chi connectivity index (χ1v) is 8.07. The lowest BCUT2D eigenvalue weighted by Crippen LogP contribution is -2.30. The van der Waals surface area contributed by atoms with Crippen molar-refractivity contribution in [2.75, 3.05) is 0 Å². The van der Waals surface area contributed by atoms with Gasteiger partial charge in [0.25, 0.3) is 5.91 Å². The van der Waals surface area contributed by atoms with Gasteiger partial charge in [-0.05, 0) is 17.7 Å². The number of carboxylic acid groups (broad SMARTS) is 1. The van der Waals surface area contributed by atoms with Crippen molar-refractivity contribution >= 4 is 11.9 Å². The third-order valence-corrected chi connectivity index (χ3v) is 3.89. The van der Waals surface area contributed by atoms with Gasteiger partial charge in [0.2, 0.25) is 5.88 Å². The lowest BCUT2D eigenvalue weighted by Gasteiger charge is -2.16. The van der Waals surface area contributed by atoms with Gasteiger partial charge in [0.1, 0.15) is 11.5 Å². The fourth-order valence-corrected chi connectivity index (χ4v) is 2.63. The highest BCUT2D eigenvalue weighted by Crippen LogP contribution is 2.22. The van der Waals surface area contributed by atoms with E-state index in [4.69, 9.17) is 5.11 Å². The zero-order chi connectivity index (χ0) is 19.4. The summed E-state index contributed by atoms with van der Waals surface area (Å²) >= 11 is 0. The maximum atomic E-state index is 13.9. The van der Waals surface area contributed by atoms with Crippen LogP contribution in [-0.2, 0) is 4.79 Å². The van der Waals surface area contributed by atoms with Crippen LogP contribution >= 0.6 is 0 Å². The summed E-state index contributed by atoms with van der Waals surface area (Å²) in [6, 6.07) is 14.6. The summed E-state index contributed by atoms with van der Waals surface area (Å²) in [6.45, 7) is 0. The van der Waals surface area contributed by atoms with Gasteiger partial charge in [-0.25, -0.2) is 4.39 Å². The third-order valence-electron chi connectivity index (χ3n) is 3.89. The van der Waals surface area contributed by atoms with Crippen molar-refractivity contribution in [1.82, 2.24) is 15.1 Å². The number of para-hydroxylation sites is 1. The van der Waals surface area contributed by atoms with Crippen molar-refractivity contribution in [2.24, 2.45) is 0 Å². The van der Waals surface area contributed by atoms with Gasteiger partial charge >= 0.3 is 5.97 Å². The monoisotopic (exact) mass is 369 g/mol. The van der Waals surface area contributed by atoms with Gasteiger partial charge < -0.3 is 15.5 Å². The molecule has 0 saturated carbocycles. The molecule has 7 nitrogen and oxygen atoms in total. The average molecular weight is 369 g/mol. The molecule has 27 heavy (non-hydrogen) atoms. The van der Waals surface area contributed by atoms with Crippen LogP contribution < -0.4 is 5.32 Å². The molecular weight excluding hydrogens is 353 g/mol. The largest absolute Gasteiger partial charge is 0.493 e. The molecule has 2 aromatic carbocycles. The Hall–Kier alpha value is -3.68. The van der Waals surface area contributed by atoms with Crippen LogP contribution in [-0.4, -0.2) is 31.9 Å². The quantitative estimate of drug-likeness (QED) is 0.620. The maximum Gasteiger partial charge on any atom is 0.305 e. The topological polar surface area (TPSA) is 104 Å². The number of aromatic hydroxyl groups is 1. The highest BCUT2D eigenvalue weighted by atomic mass is 19.1. The molecule has 1 amide bonds. The first kappa shape index (κ1) is 18.1. The lowest BCUT2D eigenvalue weighted by molar-refractivity contribution is -0.137. The van der Waals surface area contributed by atoms with Crippen molar-refractivity contribution in [2.45, 2.75) is 12.5 Å². The van der Waals surface area contributed by atoms with E-state index in [1.807, 2.05) is 0 Å². The summed E-state index contributed by atoms with van der Waals surface area (Å²) < 4.78 is 14.8. The fraction of sp³-hybridized carbons (Fsp3) is 0.105. The smallest absolute Gasteiger partial charge is 0.305 e. The standard InChI is InChI=1S/C19H16FN3O4/c20-13-8-4-5-9-16(13)23-17(24)10-15(22-23)19(27)21-14(11-18(25)26)12-6-2-1-3-7-12/h1-10,14,24H,11H2,(H,21,27)(H,25,26). The summed E-state index contributed by atoms with van der Waals surface area (Å²) in [5.41, 5.74) is 0.437. The van der Waals surface area contributed by atoms with E-state index in [9.17, 15) is 19.1 Å². The van der Waals surface area contributed by atoms with E-state index >= 15 is 0 Å². The molecule has 0 bridgehead atoms. The first-order chi connectivity index (χ1) is 13.0. The summed E-state index contributed by atoms with van der Waals surface area (Å²) in [6.07, 6.45) is -0.324. The molecule has 1 atom stereocenters. The summed E-state index contributed by atoms with van der Waals surface area (Å²) in [7, 11) is 0. The predicted octanol–water partition coefficient (Wildman–Crippen LogP) is 2.66. The Labute approximate surface area is 153 Å². The van der Waals surface area contributed by atoms with Gasteiger partial charge in [-0.2, -0.15) is 9.78 Å². The molecule has 0 spiro atoms. The molecule has 0 radical (unpaired) electrons. The van der Waals surface area contributed by atoms with Crippen LogP contribution in [0.1, 0.15) is 28.5 Å². The van der Waals surface area contributed by atoms with E-state index in [0.29, 0.717) is 5.56 Å². The van der Waals surface area contributed by atoms with Gasteiger partial charge in [-0.15, -0.1) is 0 Å². The second-order valence-electron chi connectivity index (χ2n) is 5.79. The molecule has 3 aromatic rings. The van der Waals surface area contributed by atoms with Gasteiger partial charge in [-0.1, -0.05) is 42.5 Å². The van der Waals surface area contributed by atoms with Gasteiger partial charge in [0, 0.05) is 6.07 Å². The SMILES string of the molecule is O=C(O)CC(NC(=O)c1cc(O)n(-c2ccccc2F)n1)c1ccccc1. The molecule has 1 heterocycles. The number of aromatic nitrogens is 2. The van der Waals surface area contributed by atoms with Crippen molar-refractivity contribution < 1.29 is 24.2 Å². The minimum atomic E-state index is -1.08. The zero-order valence-corrected chi connectivity index (χ0v) is 14.0. The molecule has 0 aliphatic carbocycles. The molecular formula is C19H16FN3O4. The summed E-state index contributed by atoms with van der Waals surface area (Å²) in [5, 5.41) is 25.6. The molecule has 8 heteroatoms. The average Bonchev–Trinajstić information content (AvgIpc) is 3.03. The Morgan fingerprint density at radius 2 is 1.78 bits per heavy atom. The summed E-state index contributed by atoms with van der Waals surface area (Å²) in [4.78, 5) is 23.6. The molecule has 1 aromatic heterocycles. The van der Waals surface area contributed by atoms with Crippen LogP contribution in [0, 0.1) is 5.82 Å². The van der Waals surface area contributed by atoms with Gasteiger partial charge in [-0.3, -0.25) is 9.59 Å². The maximum absolute atomic E-state index is 13.9. The minimum Gasteiger partial charge on any atom is -0.493 e. The van der Waals surface area contributed by atoms with E-state index in [1.165, 1.54) is 18.2 Å². The predicted molar refractivity (Wildman–Crippen MR) is 94.1 cm³/mol. The summed E-state index contributed by atoms with van der Waals surface area (Å²) in [5.74, 6) is -2.80. The molecule has 0 aliphatic rings. The number of nitrogens with one attached hydrogen (secondary N) is 1. The van der Waals surface area contributed by atoms with Crippen LogP contribution in [0.3, 0.4) is 0 Å². The molecule has 138 valence electrons.